The van der Waals surface area contributed by atoms with E-state index in [0.717, 1.165) is 38.5 Å². The minimum atomic E-state index is -0.838. The van der Waals surface area contributed by atoms with Crippen LogP contribution >= 0.6 is 0 Å². The first kappa shape index (κ1) is 82.6. The van der Waals surface area contributed by atoms with Crippen molar-refractivity contribution in [3.63, 3.8) is 0 Å². The van der Waals surface area contributed by atoms with Crippen molar-refractivity contribution in [2.45, 2.75) is 463 Å². The summed E-state index contributed by atoms with van der Waals surface area (Å²) in [4.78, 5) is 24.6. The molecule has 6 heteroatoms. The number of ether oxygens (including phenoxy) is 1. The topological polar surface area (TPSA) is 95.9 Å². The molecule has 0 aromatic carbocycles. The number of unbranched alkanes of at least 4 members (excludes halogenated alkanes) is 63. The number of esters is 1. The summed E-state index contributed by atoms with van der Waals surface area (Å²) < 4.78 is 5.51. The number of aliphatic hydroxyl groups excluding tert-OH is 2. The monoisotopic (exact) mass is 1180 g/mol. The first-order valence-electron chi connectivity index (χ1n) is 39.0. The summed E-state index contributed by atoms with van der Waals surface area (Å²) in [6.45, 7) is 4.95. The first-order valence-corrected chi connectivity index (χ1v) is 39.0. The fraction of sp³-hybridized carbons (Fsp3) is 0.949. The maximum absolute atomic E-state index is 12.5. The molecule has 2 atom stereocenters. The second-order valence-electron chi connectivity index (χ2n) is 27.1. The highest BCUT2D eigenvalue weighted by Crippen LogP contribution is 2.20. The third-order valence-electron chi connectivity index (χ3n) is 18.6. The van der Waals surface area contributed by atoms with E-state index in [1.165, 1.54) is 385 Å². The summed E-state index contributed by atoms with van der Waals surface area (Å²) in [6, 6.07) is -0.622. The molecule has 0 aromatic rings. The number of carbonyl (C=O) groups excluding carboxylic acids is 2. The molecule has 0 radical (unpaired) electrons. The van der Waals surface area contributed by atoms with Crippen LogP contribution in [0.3, 0.4) is 0 Å². The number of rotatable bonds is 74. The standard InChI is InChI=1S/C78H153NO5/c1-3-5-7-9-11-13-15-17-43-48-52-56-60-64-68-72-78(83)84-73-69-65-61-57-53-49-45-42-40-38-36-34-32-30-28-26-24-22-20-18-19-21-23-25-27-29-31-33-35-37-39-41-44-47-51-55-59-63-67-71-77(82)79-75(74-80)76(81)70-66-62-58-54-50-46-16-14-12-10-8-6-4-2/h66,70,75-76,80-81H,3-65,67-69,71-74H2,1-2H3,(H,79,82)/b70-66+. The van der Waals surface area contributed by atoms with Crippen LogP contribution in [-0.2, 0) is 14.3 Å². The lowest BCUT2D eigenvalue weighted by atomic mass is 10.0. The molecular formula is C78H153NO5. The van der Waals surface area contributed by atoms with Gasteiger partial charge in [-0.3, -0.25) is 9.59 Å². The molecule has 0 aromatic heterocycles. The van der Waals surface area contributed by atoms with Crippen LogP contribution in [0.25, 0.3) is 0 Å². The maximum Gasteiger partial charge on any atom is 0.305 e. The zero-order valence-electron chi connectivity index (χ0n) is 57.4. The van der Waals surface area contributed by atoms with Gasteiger partial charge in [0.1, 0.15) is 0 Å². The van der Waals surface area contributed by atoms with Crippen molar-refractivity contribution in [1.82, 2.24) is 5.32 Å². The van der Waals surface area contributed by atoms with Gasteiger partial charge < -0.3 is 20.3 Å². The molecule has 0 spiro atoms. The fourth-order valence-electron chi connectivity index (χ4n) is 12.6. The van der Waals surface area contributed by atoms with Crippen molar-refractivity contribution in [1.29, 1.82) is 0 Å². The van der Waals surface area contributed by atoms with Crippen LogP contribution in [-0.4, -0.2) is 47.4 Å². The Labute approximate surface area is 527 Å². The number of aliphatic hydroxyl groups is 2. The maximum atomic E-state index is 12.5. The van der Waals surface area contributed by atoms with Crippen LogP contribution in [0.4, 0.5) is 0 Å². The van der Waals surface area contributed by atoms with E-state index in [1.54, 1.807) is 6.08 Å². The normalized spacial score (nSPS) is 12.5. The Balaban J connectivity index is 3.27. The Hall–Kier alpha value is -1.40. The van der Waals surface area contributed by atoms with E-state index >= 15 is 0 Å². The van der Waals surface area contributed by atoms with E-state index in [0.29, 0.717) is 19.4 Å². The average molecular weight is 1190 g/mol. The SMILES string of the molecule is CCCCCCCCCCCCC/C=C/C(O)C(CO)NC(=O)CCCCCCCCCCCCCCCCCCCCCCCCCCCCCCCCCCCCCCCCCOC(=O)CCCCCCCCCCCCCCCCC. The molecular weight excluding hydrogens is 1030 g/mol. The zero-order valence-corrected chi connectivity index (χ0v) is 57.4. The minimum absolute atomic E-state index is 0.0278. The van der Waals surface area contributed by atoms with Gasteiger partial charge in [0.2, 0.25) is 5.91 Å². The summed E-state index contributed by atoms with van der Waals surface area (Å²) in [7, 11) is 0. The Bertz CT molecular complexity index is 1270. The lowest BCUT2D eigenvalue weighted by Crippen LogP contribution is -2.45. The van der Waals surface area contributed by atoms with Gasteiger partial charge in [0.15, 0.2) is 0 Å². The highest BCUT2D eigenvalue weighted by Gasteiger charge is 2.18. The highest BCUT2D eigenvalue weighted by atomic mass is 16.5. The van der Waals surface area contributed by atoms with Crippen LogP contribution in [0.1, 0.15) is 450 Å². The van der Waals surface area contributed by atoms with Crippen molar-refractivity contribution >= 4 is 11.9 Å². The molecule has 1 amide bonds. The highest BCUT2D eigenvalue weighted by molar-refractivity contribution is 5.76. The van der Waals surface area contributed by atoms with E-state index < -0.39 is 12.1 Å². The van der Waals surface area contributed by atoms with Gasteiger partial charge in [0, 0.05) is 12.8 Å². The Morgan fingerprint density at radius 3 is 0.810 bits per heavy atom. The number of carbonyl (C=O) groups is 2. The molecule has 0 heterocycles. The van der Waals surface area contributed by atoms with E-state index in [9.17, 15) is 19.8 Å². The molecule has 0 bridgehead atoms. The van der Waals surface area contributed by atoms with Gasteiger partial charge in [-0.1, -0.05) is 418 Å². The Morgan fingerprint density at radius 2 is 0.548 bits per heavy atom. The quantitative estimate of drug-likeness (QED) is 0.0320. The Morgan fingerprint density at radius 1 is 0.321 bits per heavy atom. The number of nitrogens with one attached hydrogen (secondary N) is 1. The third kappa shape index (κ3) is 69.7. The van der Waals surface area contributed by atoms with E-state index in [-0.39, 0.29) is 18.5 Å². The van der Waals surface area contributed by atoms with Crippen molar-refractivity contribution < 1.29 is 24.5 Å². The largest absolute Gasteiger partial charge is 0.466 e. The van der Waals surface area contributed by atoms with Crippen LogP contribution in [0.5, 0.6) is 0 Å². The second-order valence-corrected chi connectivity index (χ2v) is 27.1. The second kappa shape index (κ2) is 74.1. The van der Waals surface area contributed by atoms with Crippen molar-refractivity contribution in [3.8, 4) is 0 Å². The molecule has 0 rings (SSSR count). The molecule has 0 aliphatic heterocycles. The molecule has 3 N–H and O–H groups in total. The molecule has 0 saturated carbocycles. The van der Waals surface area contributed by atoms with Crippen LogP contribution in [0.15, 0.2) is 12.2 Å². The fourth-order valence-corrected chi connectivity index (χ4v) is 12.6. The molecule has 0 saturated heterocycles. The van der Waals surface area contributed by atoms with Gasteiger partial charge in [-0.05, 0) is 32.1 Å². The molecule has 0 aliphatic carbocycles. The third-order valence-corrected chi connectivity index (χ3v) is 18.6. The Kier molecular flexibility index (Phi) is 72.8. The molecule has 500 valence electrons. The van der Waals surface area contributed by atoms with Crippen LogP contribution < -0.4 is 5.32 Å². The first-order chi connectivity index (χ1) is 41.5. The van der Waals surface area contributed by atoms with E-state index in [2.05, 4.69) is 19.2 Å². The van der Waals surface area contributed by atoms with E-state index in [1.807, 2.05) is 6.08 Å². The number of hydrogen-bond donors (Lipinski definition) is 3. The molecule has 0 aliphatic rings. The lowest BCUT2D eigenvalue weighted by Gasteiger charge is -2.20. The van der Waals surface area contributed by atoms with Crippen LogP contribution in [0.2, 0.25) is 0 Å². The average Bonchev–Trinajstić information content (AvgIpc) is 3.53. The van der Waals surface area contributed by atoms with E-state index in [4.69, 9.17) is 4.74 Å². The van der Waals surface area contributed by atoms with Gasteiger partial charge in [-0.25, -0.2) is 0 Å². The predicted octanol–water partition coefficient (Wildman–Crippen LogP) is 25.5. The smallest absolute Gasteiger partial charge is 0.305 e. The number of amides is 1. The summed E-state index contributed by atoms with van der Waals surface area (Å²) in [6.07, 6.45) is 93.5. The molecule has 0 fully saturated rings. The number of hydrogen-bond acceptors (Lipinski definition) is 5. The predicted molar refractivity (Wildman–Crippen MR) is 370 cm³/mol. The summed E-state index contributed by atoms with van der Waals surface area (Å²) in [5.74, 6) is -0.0317. The van der Waals surface area contributed by atoms with Crippen molar-refractivity contribution in [3.05, 3.63) is 12.2 Å². The minimum Gasteiger partial charge on any atom is -0.466 e. The summed E-state index contributed by atoms with van der Waals surface area (Å²) in [5.41, 5.74) is 0. The molecule has 84 heavy (non-hydrogen) atoms. The van der Waals surface area contributed by atoms with Gasteiger partial charge in [0.05, 0.1) is 25.4 Å². The van der Waals surface area contributed by atoms with Gasteiger partial charge in [0.25, 0.3) is 0 Å². The zero-order chi connectivity index (χ0) is 60.6. The number of allylic oxidation sites excluding steroid dienone is 1. The van der Waals surface area contributed by atoms with Gasteiger partial charge >= 0.3 is 5.97 Å². The van der Waals surface area contributed by atoms with Crippen molar-refractivity contribution in [2.24, 2.45) is 0 Å². The van der Waals surface area contributed by atoms with Crippen LogP contribution in [0, 0.1) is 0 Å². The summed E-state index contributed by atoms with van der Waals surface area (Å²) >= 11 is 0. The summed E-state index contributed by atoms with van der Waals surface area (Å²) in [5, 5.41) is 23.1. The molecule has 6 nitrogen and oxygen atoms in total. The van der Waals surface area contributed by atoms with Crippen molar-refractivity contribution in [2.75, 3.05) is 13.2 Å². The van der Waals surface area contributed by atoms with Gasteiger partial charge in [-0.2, -0.15) is 0 Å². The molecule has 2 unspecified atom stereocenters. The lowest BCUT2D eigenvalue weighted by molar-refractivity contribution is -0.143. The van der Waals surface area contributed by atoms with Gasteiger partial charge in [-0.15, -0.1) is 0 Å².